The molecule has 3 aromatic carbocycles. The maximum absolute atomic E-state index is 13.1. The van der Waals surface area contributed by atoms with Crippen LogP contribution < -0.4 is 9.64 Å². The van der Waals surface area contributed by atoms with Gasteiger partial charge in [0.25, 0.3) is 5.91 Å². The average Bonchev–Trinajstić information content (AvgIpc) is 3.01. The standard InChI is InChI=1S/C24H15Br2Cl2NO2S2/c1-13-3-2-4-17(7-13)29-23(30)21(33-24(29)32)10-14-8-18(25)22(19(26)9-14)31-12-15-5-6-16(27)11-20(15)28/h2-11H,12H2,1H3/b21-10-. The van der Waals surface area contributed by atoms with Gasteiger partial charge in [-0.2, -0.15) is 0 Å². The first-order valence-corrected chi connectivity index (χ1v) is 13.2. The number of hydrogen-bond acceptors (Lipinski definition) is 4. The van der Waals surface area contributed by atoms with E-state index in [9.17, 15) is 4.79 Å². The average molecular weight is 644 g/mol. The first kappa shape index (κ1) is 24.8. The van der Waals surface area contributed by atoms with E-state index in [1.54, 1.807) is 17.0 Å². The number of anilines is 1. The monoisotopic (exact) mass is 641 g/mol. The highest BCUT2D eigenvalue weighted by molar-refractivity contribution is 9.11. The van der Waals surface area contributed by atoms with Gasteiger partial charge in [-0.25, -0.2) is 0 Å². The molecule has 1 heterocycles. The smallest absolute Gasteiger partial charge is 0.270 e. The highest BCUT2D eigenvalue weighted by atomic mass is 79.9. The van der Waals surface area contributed by atoms with Crippen LogP contribution in [0.25, 0.3) is 6.08 Å². The first-order chi connectivity index (χ1) is 15.7. The number of rotatable bonds is 5. The van der Waals surface area contributed by atoms with Crippen molar-refractivity contribution in [1.82, 2.24) is 0 Å². The molecular weight excluding hydrogens is 629 g/mol. The van der Waals surface area contributed by atoms with Crippen LogP contribution in [0.4, 0.5) is 5.69 Å². The van der Waals surface area contributed by atoms with Crippen molar-refractivity contribution in [3.8, 4) is 5.75 Å². The molecule has 0 aliphatic carbocycles. The largest absolute Gasteiger partial charge is 0.486 e. The molecule has 0 radical (unpaired) electrons. The summed E-state index contributed by atoms with van der Waals surface area (Å²) in [5, 5.41) is 1.12. The van der Waals surface area contributed by atoms with Crippen LogP contribution in [0.1, 0.15) is 16.7 Å². The number of thiocarbonyl (C=S) groups is 1. The van der Waals surface area contributed by atoms with E-state index >= 15 is 0 Å². The zero-order valence-corrected chi connectivity index (χ0v) is 23.4. The van der Waals surface area contributed by atoms with Crippen molar-refractivity contribution in [2.75, 3.05) is 4.90 Å². The summed E-state index contributed by atoms with van der Waals surface area (Å²) in [6.45, 7) is 2.26. The Hall–Kier alpha value is -1.35. The summed E-state index contributed by atoms with van der Waals surface area (Å²) in [6, 6.07) is 16.8. The summed E-state index contributed by atoms with van der Waals surface area (Å²) in [5.74, 6) is 0.492. The van der Waals surface area contributed by atoms with Gasteiger partial charge in [0, 0.05) is 15.6 Å². The van der Waals surface area contributed by atoms with E-state index in [4.69, 9.17) is 40.2 Å². The number of carbonyl (C=O) groups is 1. The Labute approximate surface area is 228 Å². The summed E-state index contributed by atoms with van der Waals surface area (Å²) in [7, 11) is 0. The third-order valence-corrected chi connectivity index (χ3v) is 7.83. The molecule has 0 unspecified atom stereocenters. The Bertz CT molecular complexity index is 1290. The molecule has 33 heavy (non-hydrogen) atoms. The quantitative estimate of drug-likeness (QED) is 0.205. The summed E-state index contributed by atoms with van der Waals surface area (Å²) < 4.78 is 7.97. The predicted octanol–water partition coefficient (Wildman–Crippen LogP) is 8.81. The fraction of sp³-hybridized carbons (Fsp3) is 0.0833. The Morgan fingerprint density at radius 1 is 1.09 bits per heavy atom. The lowest BCUT2D eigenvalue weighted by atomic mass is 10.2. The van der Waals surface area contributed by atoms with Gasteiger partial charge in [-0.3, -0.25) is 9.69 Å². The molecule has 9 heteroatoms. The summed E-state index contributed by atoms with van der Waals surface area (Å²) in [5.41, 5.74) is 3.49. The number of benzene rings is 3. The number of hydrogen-bond donors (Lipinski definition) is 0. The van der Waals surface area contributed by atoms with E-state index in [1.165, 1.54) is 11.8 Å². The fourth-order valence-corrected chi connectivity index (χ4v) is 6.41. The number of nitrogens with zero attached hydrogens (tertiary/aromatic N) is 1. The van der Waals surface area contributed by atoms with Crippen molar-refractivity contribution < 1.29 is 9.53 Å². The van der Waals surface area contributed by atoms with Gasteiger partial charge in [0.2, 0.25) is 0 Å². The molecule has 1 fully saturated rings. The zero-order chi connectivity index (χ0) is 23.7. The van der Waals surface area contributed by atoms with Crippen LogP contribution in [-0.4, -0.2) is 10.2 Å². The second kappa shape index (κ2) is 10.5. The third kappa shape index (κ3) is 5.66. The van der Waals surface area contributed by atoms with Gasteiger partial charge < -0.3 is 4.74 Å². The summed E-state index contributed by atoms with van der Waals surface area (Å²) in [6.07, 6.45) is 1.82. The van der Waals surface area contributed by atoms with Crippen molar-refractivity contribution in [1.29, 1.82) is 0 Å². The van der Waals surface area contributed by atoms with Crippen molar-refractivity contribution in [2.45, 2.75) is 13.5 Å². The van der Waals surface area contributed by atoms with E-state index in [1.807, 2.05) is 55.5 Å². The maximum atomic E-state index is 13.1. The number of ether oxygens (including phenoxy) is 1. The molecule has 3 aromatic rings. The second-order valence-electron chi connectivity index (χ2n) is 7.19. The Morgan fingerprint density at radius 2 is 1.82 bits per heavy atom. The number of thioether (sulfide) groups is 1. The Balaban J connectivity index is 1.55. The second-order valence-corrected chi connectivity index (χ2v) is 11.4. The first-order valence-electron chi connectivity index (χ1n) is 9.63. The summed E-state index contributed by atoms with van der Waals surface area (Å²) >= 11 is 26.1. The highest BCUT2D eigenvalue weighted by Gasteiger charge is 2.33. The minimum absolute atomic E-state index is 0.138. The number of amides is 1. The molecule has 0 spiro atoms. The number of aryl methyl sites for hydroxylation is 1. The molecule has 0 bridgehead atoms. The molecule has 1 aliphatic heterocycles. The molecule has 0 N–H and O–H groups in total. The molecule has 0 saturated carbocycles. The topological polar surface area (TPSA) is 29.5 Å². The van der Waals surface area contributed by atoms with Crippen molar-refractivity contribution in [3.05, 3.63) is 95.2 Å². The van der Waals surface area contributed by atoms with Gasteiger partial charge in [0.15, 0.2) is 4.32 Å². The third-order valence-electron chi connectivity index (χ3n) is 4.76. The Morgan fingerprint density at radius 3 is 2.48 bits per heavy atom. The van der Waals surface area contributed by atoms with E-state index < -0.39 is 0 Å². The Kier molecular flexibility index (Phi) is 7.88. The van der Waals surface area contributed by atoms with Crippen LogP contribution in [0.2, 0.25) is 10.0 Å². The number of carbonyl (C=O) groups excluding carboxylic acids is 1. The lowest BCUT2D eigenvalue weighted by molar-refractivity contribution is -0.113. The molecule has 168 valence electrons. The normalized spacial score (nSPS) is 14.9. The SMILES string of the molecule is Cc1cccc(N2C(=O)/C(=C/c3cc(Br)c(OCc4ccc(Cl)cc4Cl)c(Br)c3)SC2=S)c1. The minimum atomic E-state index is -0.138. The van der Waals surface area contributed by atoms with E-state index in [0.717, 1.165) is 31.3 Å². The van der Waals surface area contributed by atoms with Gasteiger partial charge >= 0.3 is 0 Å². The van der Waals surface area contributed by atoms with Gasteiger partial charge in [-0.1, -0.05) is 65.4 Å². The van der Waals surface area contributed by atoms with Crippen molar-refractivity contribution in [2.24, 2.45) is 0 Å². The maximum Gasteiger partial charge on any atom is 0.270 e. The van der Waals surface area contributed by atoms with Gasteiger partial charge in [-0.15, -0.1) is 0 Å². The van der Waals surface area contributed by atoms with E-state index in [0.29, 0.717) is 25.0 Å². The molecule has 1 amide bonds. The van der Waals surface area contributed by atoms with Gasteiger partial charge in [-0.05, 0) is 92.4 Å². The lowest BCUT2D eigenvalue weighted by Gasteiger charge is -2.15. The molecule has 0 aromatic heterocycles. The fourth-order valence-electron chi connectivity index (χ4n) is 3.20. The van der Waals surface area contributed by atoms with Crippen molar-refractivity contribution >= 4 is 101 Å². The van der Waals surface area contributed by atoms with Crippen LogP contribution in [0.5, 0.6) is 5.75 Å². The van der Waals surface area contributed by atoms with Gasteiger partial charge in [0.1, 0.15) is 12.4 Å². The van der Waals surface area contributed by atoms with Crippen LogP contribution >= 0.6 is 79.0 Å². The van der Waals surface area contributed by atoms with E-state index in [2.05, 4.69) is 31.9 Å². The minimum Gasteiger partial charge on any atom is -0.486 e. The van der Waals surface area contributed by atoms with Crippen LogP contribution in [0.3, 0.4) is 0 Å². The molecule has 3 nitrogen and oxygen atoms in total. The van der Waals surface area contributed by atoms with Crippen LogP contribution in [0, 0.1) is 6.92 Å². The van der Waals surface area contributed by atoms with Crippen LogP contribution in [0.15, 0.2) is 68.4 Å². The molecule has 1 saturated heterocycles. The van der Waals surface area contributed by atoms with Crippen molar-refractivity contribution in [3.63, 3.8) is 0 Å². The molecule has 1 aliphatic rings. The number of halogens is 4. The molecule has 0 atom stereocenters. The predicted molar refractivity (Wildman–Crippen MR) is 149 cm³/mol. The van der Waals surface area contributed by atoms with Gasteiger partial charge in [0.05, 0.1) is 19.5 Å². The highest BCUT2D eigenvalue weighted by Crippen LogP contribution is 2.39. The summed E-state index contributed by atoms with van der Waals surface area (Å²) in [4.78, 5) is 15.2. The molecule has 4 rings (SSSR count). The van der Waals surface area contributed by atoms with E-state index in [-0.39, 0.29) is 12.5 Å². The molecular formula is C24H15Br2Cl2NO2S2. The zero-order valence-electron chi connectivity index (χ0n) is 17.1. The van der Waals surface area contributed by atoms with Crippen LogP contribution in [-0.2, 0) is 11.4 Å². The lowest BCUT2D eigenvalue weighted by Crippen LogP contribution is -2.27.